The van der Waals surface area contributed by atoms with Crippen molar-refractivity contribution in [3.05, 3.63) is 0 Å². The molecule has 1 aliphatic heterocycles. The van der Waals surface area contributed by atoms with Gasteiger partial charge in [0.2, 0.25) is 5.91 Å². The summed E-state index contributed by atoms with van der Waals surface area (Å²) in [5, 5.41) is 0. The standard InChI is InChI=1S/C8H16N2O/c1-7-4-5-8(11)10(7)6-9(2)3/h7H,4-6H2,1-3H3. The Kier molecular flexibility index (Phi) is 2.49. The molecule has 1 heterocycles. The van der Waals surface area contributed by atoms with Crippen LogP contribution in [0.2, 0.25) is 0 Å². The number of rotatable bonds is 2. The first-order valence-corrected chi connectivity index (χ1v) is 4.05. The fourth-order valence-corrected chi connectivity index (χ4v) is 1.40. The van der Waals surface area contributed by atoms with Crippen molar-refractivity contribution in [2.45, 2.75) is 25.8 Å². The van der Waals surface area contributed by atoms with Crippen molar-refractivity contribution in [2.24, 2.45) is 0 Å². The lowest BCUT2D eigenvalue weighted by atomic mass is 10.2. The average molecular weight is 156 g/mol. The van der Waals surface area contributed by atoms with Gasteiger partial charge in [-0.1, -0.05) is 0 Å². The molecule has 1 saturated heterocycles. The zero-order valence-corrected chi connectivity index (χ0v) is 7.50. The first-order valence-electron chi connectivity index (χ1n) is 4.05. The van der Waals surface area contributed by atoms with E-state index in [2.05, 4.69) is 6.92 Å². The number of hydrogen-bond acceptors (Lipinski definition) is 2. The quantitative estimate of drug-likeness (QED) is 0.582. The third-order valence-corrected chi connectivity index (χ3v) is 2.06. The summed E-state index contributed by atoms with van der Waals surface area (Å²) < 4.78 is 0. The molecule has 0 aliphatic carbocycles. The van der Waals surface area contributed by atoms with E-state index >= 15 is 0 Å². The van der Waals surface area contributed by atoms with Crippen LogP contribution in [0.1, 0.15) is 19.8 Å². The minimum absolute atomic E-state index is 0.297. The molecule has 0 bridgehead atoms. The Hall–Kier alpha value is -0.570. The number of nitrogens with zero attached hydrogens (tertiary/aromatic N) is 2. The number of hydrogen-bond donors (Lipinski definition) is 0. The van der Waals surface area contributed by atoms with Crippen LogP contribution in [0.3, 0.4) is 0 Å². The Labute approximate surface area is 68.0 Å². The summed E-state index contributed by atoms with van der Waals surface area (Å²) >= 11 is 0. The molecular formula is C8H16N2O. The molecule has 0 aromatic carbocycles. The van der Waals surface area contributed by atoms with Gasteiger partial charge in [0.25, 0.3) is 0 Å². The van der Waals surface area contributed by atoms with Gasteiger partial charge in [-0.25, -0.2) is 0 Å². The maximum atomic E-state index is 11.2. The second kappa shape index (κ2) is 3.22. The Morgan fingerprint density at radius 1 is 1.64 bits per heavy atom. The van der Waals surface area contributed by atoms with Crippen LogP contribution in [-0.4, -0.2) is 42.5 Å². The van der Waals surface area contributed by atoms with Gasteiger partial charge in [-0.05, 0) is 27.4 Å². The van der Waals surface area contributed by atoms with Crippen LogP contribution in [0.4, 0.5) is 0 Å². The Morgan fingerprint density at radius 2 is 2.27 bits per heavy atom. The van der Waals surface area contributed by atoms with E-state index in [1.807, 2.05) is 23.9 Å². The Balaban J connectivity index is 2.48. The molecule has 0 saturated carbocycles. The van der Waals surface area contributed by atoms with E-state index < -0.39 is 0 Å². The van der Waals surface area contributed by atoms with E-state index in [0.717, 1.165) is 19.5 Å². The molecule has 11 heavy (non-hydrogen) atoms. The molecule has 3 heteroatoms. The lowest BCUT2D eigenvalue weighted by Crippen LogP contribution is -2.38. The zero-order valence-electron chi connectivity index (χ0n) is 7.50. The van der Waals surface area contributed by atoms with Crippen LogP contribution in [0, 0.1) is 0 Å². The third-order valence-electron chi connectivity index (χ3n) is 2.06. The van der Waals surface area contributed by atoms with Gasteiger partial charge in [0.1, 0.15) is 0 Å². The lowest BCUT2D eigenvalue weighted by molar-refractivity contribution is -0.130. The topological polar surface area (TPSA) is 23.6 Å². The van der Waals surface area contributed by atoms with Gasteiger partial charge in [-0.3, -0.25) is 9.69 Å². The molecule has 0 spiro atoms. The summed E-state index contributed by atoms with van der Waals surface area (Å²) in [5.74, 6) is 0.297. The van der Waals surface area contributed by atoms with Crippen molar-refractivity contribution in [2.75, 3.05) is 20.8 Å². The molecular weight excluding hydrogens is 140 g/mol. The van der Waals surface area contributed by atoms with E-state index in [4.69, 9.17) is 0 Å². The van der Waals surface area contributed by atoms with Crippen LogP contribution in [0.25, 0.3) is 0 Å². The largest absolute Gasteiger partial charge is 0.327 e. The molecule has 0 aromatic rings. The highest BCUT2D eigenvalue weighted by Crippen LogP contribution is 2.17. The third kappa shape index (κ3) is 1.93. The van der Waals surface area contributed by atoms with Gasteiger partial charge in [-0.15, -0.1) is 0 Å². The predicted molar refractivity (Wildman–Crippen MR) is 44.1 cm³/mol. The number of carbonyl (C=O) groups is 1. The fourth-order valence-electron chi connectivity index (χ4n) is 1.40. The van der Waals surface area contributed by atoms with Gasteiger partial charge in [0.05, 0.1) is 6.67 Å². The van der Waals surface area contributed by atoms with Gasteiger partial charge in [0.15, 0.2) is 0 Å². The highest BCUT2D eigenvalue weighted by Gasteiger charge is 2.27. The predicted octanol–water partition coefficient (Wildman–Crippen LogP) is 0.516. The van der Waals surface area contributed by atoms with E-state index in [1.54, 1.807) is 0 Å². The van der Waals surface area contributed by atoms with Crippen LogP contribution >= 0.6 is 0 Å². The number of carbonyl (C=O) groups excluding carboxylic acids is 1. The van der Waals surface area contributed by atoms with E-state index in [9.17, 15) is 4.79 Å². The lowest BCUT2D eigenvalue weighted by Gasteiger charge is -2.25. The van der Waals surface area contributed by atoms with Crippen molar-refractivity contribution in [3.8, 4) is 0 Å². The minimum Gasteiger partial charge on any atom is -0.327 e. The summed E-state index contributed by atoms with van der Waals surface area (Å²) in [4.78, 5) is 15.2. The second-order valence-electron chi connectivity index (χ2n) is 3.47. The Morgan fingerprint density at radius 3 is 2.64 bits per heavy atom. The van der Waals surface area contributed by atoms with Crippen molar-refractivity contribution < 1.29 is 4.79 Å². The van der Waals surface area contributed by atoms with Crippen molar-refractivity contribution in [1.29, 1.82) is 0 Å². The summed E-state index contributed by atoms with van der Waals surface area (Å²) in [6, 6.07) is 0.435. The minimum atomic E-state index is 0.297. The zero-order chi connectivity index (χ0) is 8.43. The molecule has 0 aromatic heterocycles. The Bertz CT molecular complexity index is 156. The van der Waals surface area contributed by atoms with Crippen LogP contribution in [0.5, 0.6) is 0 Å². The second-order valence-corrected chi connectivity index (χ2v) is 3.47. The molecule has 1 amide bonds. The van der Waals surface area contributed by atoms with Crippen molar-refractivity contribution >= 4 is 5.91 Å². The van der Waals surface area contributed by atoms with Crippen LogP contribution in [0.15, 0.2) is 0 Å². The molecule has 1 fully saturated rings. The van der Waals surface area contributed by atoms with Crippen LogP contribution in [-0.2, 0) is 4.79 Å². The first kappa shape index (κ1) is 8.53. The highest BCUT2D eigenvalue weighted by atomic mass is 16.2. The fraction of sp³-hybridized carbons (Fsp3) is 0.875. The van der Waals surface area contributed by atoms with E-state index in [0.29, 0.717) is 11.9 Å². The molecule has 1 atom stereocenters. The monoisotopic (exact) mass is 156 g/mol. The summed E-state index contributed by atoms with van der Waals surface area (Å²) in [7, 11) is 3.97. The van der Waals surface area contributed by atoms with Crippen molar-refractivity contribution in [1.82, 2.24) is 9.80 Å². The molecule has 0 radical (unpaired) electrons. The maximum absolute atomic E-state index is 11.2. The van der Waals surface area contributed by atoms with Crippen molar-refractivity contribution in [3.63, 3.8) is 0 Å². The maximum Gasteiger partial charge on any atom is 0.223 e. The molecule has 1 unspecified atom stereocenters. The van der Waals surface area contributed by atoms with Crippen LogP contribution < -0.4 is 0 Å². The first-order chi connectivity index (χ1) is 5.11. The average Bonchev–Trinajstić information content (AvgIpc) is 2.18. The molecule has 64 valence electrons. The van der Waals surface area contributed by atoms with Gasteiger partial charge in [-0.2, -0.15) is 0 Å². The number of likely N-dealkylation sites (tertiary alicyclic amines) is 1. The normalized spacial score (nSPS) is 25.3. The summed E-state index contributed by atoms with van der Waals surface area (Å²) in [5.41, 5.74) is 0. The number of amides is 1. The van der Waals surface area contributed by atoms with Gasteiger partial charge in [0, 0.05) is 12.5 Å². The molecule has 3 nitrogen and oxygen atoms in total. The molecule has 1 aliphatic rings. The van der Waals surface area contributed by atoms with Gasteiger partial charge < -0.3 is 4.90 Å². The van der Waals surface area contributed by atoms with E-state index in [1.165, 1.54) is 0 Å². The SMILES string of the molecule is CC1CCC(=O)N1CN(C)C. The van der Waals surface area contributed by atoms with Gasteiger partial charge >= 0.3 is 0 Å². The molecule has 0 N–H and O–H groups in total. The molecule has 1 rings (SSSR count). The highest BCUT2D eigenvalue weighted by molar-refractivity contribution is 5.78. The van der Waals surface area contributed by atoms with E-state index in [-0.39, 0.29) is 0 Å². The summed E-state index contributed by atoms with van der Waals surface area (Å²) in [6.07, 6.45) is 1.75. The summed E-state index contributed by atoms with van der Waals surface area (Å²) in [6.45, 7) is 2.87. The smallest absolute Gasteiger partial charge is 0.223 e.